The van der Waals surface area contributed by atoms with E-state index in [4.69, 9.17) is 14.2 Å². The van der Waals surface area contributed by atoms with Crippen molar-refractivity contribution in [2.45, 2.75) is 52.1 Å². The number of ether oxygens (including phenoxy) is 3. The van der Waals surface area contributed by atoms with Crippen molar-refractivity contribution >= 4 is 11.9 Å². The van der Waals surface area contributed by atoms with Crippen LogP contribution in [0.1, 0.15) is 46.0 Å². The maximum Gasteiger partial charge on any atom is 0.312 e. The van der Waals surface area contributed by atoms with Crippen molar-refractivity contribution in [1.29, 1.82) is 0 Å². The van der Waals surface area contributed by atoms with Gasteiger partial charge in [-0.15, -0.1) is 0 Å². The molecule has 0 heterocycles. The number of hydrogen-bond donors (Lipinski definition) is 0. The third-order valence-corrected chi connectivity index (χ3v) is 4.51. The van der Waals surface area contributed by atoms with E-state index in [2.05, 4.69) is 13.0 Å². The van der Waals surface area contributed by atoms with Gasteiger partial charge in [0.15, 0.2) is 0 Å². The Morgan fingerprint density at radius 2 is 2.09 bits per heavy atom. The van der Waals surface area contributed by atoms with E-state index in [1.165, 1.54) is 12.7 Å². The molecule has 2 rings (SSSR count). The van der Waals surface area contributed by atoms with Crippen LogP contribution in [0.25, 0.3) is 0 Å². The minimum Gasteiger partial charge on any atom is -0.469 e. The van der Waals surface area contributed by atoms with Crippen LogP contribution in [-0.2, 0) is 23.8 Å². The number of esters is 2. The van der Waals surface area contributed by atoms with Crippen molar-refractivity contribution in [3.05, 3.63) is 11.6 Å². The number of carbonyl (C=O) groups is 2. The summed E-state index contributed by atoms with van der Waals surface area (Å²) in [6.45, 7) is 4.54. The lowest BCUT2D eigenvalue weighted by Crippen LogP contribution is -2.44. The number of allylic oxidation sites excluding steroid dienone is 1. The van der Waals surface area contributed by atoms with Gasteiger partial charge in [0, 0.05) is 6.42 Å². The minimum absolute atomic E-state index is 0.00747. The largest absolute Gasteiger partial charge is 0.469 e. The van der Waals surface area contributed by atoms with E-state index < -0.39 is 5.41 Å². The molecule has 0 radical (unpaired) electrons. The monoisotopic (exact) mass is 310 g/mol. The lowest BCUT2D eigenvalue weighted by Gasteiger charge is -2.44. The molecular formula is C17H26O5. The van der Waals surface area contributed by atoms with Crippen molar-refractivity contribution in [3.63, 3.8) is 0 Å². The Hall–Kier alpha value is -1.36. The molecule has 1 fully saturated rings. The average molecular weight is 310 g/mol. The normalized spacial score (nSPS) is 30.4. The molecule has 5 nitrogen and oxygen atoms in total. The van der Waals surface area contributed by atoms with Crippen LogP contribution in [0.3, 0.4) is 0 Å². The summed E-state index contributed by atoms with van der Waals surface area (Å²) < 4.78 is 15.9. The van der Waals surface area contributed by atoms with E-state index in [-0.39, 0.29) is 24.6 Å². The van der Waals surface area contributed by atoms with Crippen LogP contribution >= 0.6 is 0 Å². The van der Waals surface area contributed by atoms with E-state index >= 15 is 0 Å². The van der Waals surface area contributed by atoms with Gasteiger partial charge in [0.2, 0.25) is 0 Å². The van der Waals surface area contributed by atoms with Crippen molar-refractivity contribution in [2.75, 3.05) is 20.3 Å². The molecular weight excluding hydrogens is 284 g/mol. The smallest absolute Gasteiger partial charge is 0.312 e. The number of hydrogen-bond acceptors (Lipinski definition) is 5. The van der Waals surface area contributed by atoms with Gasteiger partial charge in [-0.25, -0.2) is 0 Å². The number of carbonyl (C=O) groups excluding carboxylic acids is 2. The summed E-state index contributed by atoms with van der Waals surface area (Å²) in [4.78, 5) is 23.4. The van der Waals surface area contributed by atoms with Crippen LogP contribution in [0.15, 0.2) is 11.6 Å². The Bertz CT molecular complexity index is 456. The van der Waals surface area contributed by atoms with Crippen molar-refractivity contribution in [3.8, 4) is 0 Å². The Kier molecular flexibility index (Phi) is 5.62. The second-order valence-electron chi connectivity index (χ2n) is 6.43. The molecule has 0 aromatic heterocycles. The quantitative estimate of drug-likeness (QED) is 0.429. The van der Waals surface area contributed by atoms with Crippen LogP contribution in [0, 0.1) is 11.3 Å². The van der Waals surface area contributed by atoms with Gasteiger partial charge in [-0.2, -0.15) is 0 Å². The molecule has 0 aromatic rings. The maximum atomic E-state index is 12.3. The molecule has 0 aliphatic heterocycles. The summed E-state index contributed by atoms with van der Waals surface area (Å²) in [5, 5.41) is 0. The molecule has 0 saturated heterocycles. The molecule has 0 N–H and O–H groups in total. The van der Waals surface area contributed by atoms with Crippen LogP contribution in [0.2, 0.25) is 0 Å². The minimum atomic E-state index is -0.443. The second-order valence-corrected chi connectivity index (χ2v) is 6.43. The Labute approximate surface area is 132 Å². The van der Waals surface area contributed by atoms with Crippen LogP contribution in [0.5, 0.6) is 0 Å². The SMILES string of the molecule is CCC(=O)OCCOC1CC2=CC(C)CC(C(=O)OC)(C2)C1. The number of fused-ring (bicyclic) bond motifs is 2. The Morgan fingerprint density at radius 1 is 1.32 bits per heavy atom. The van der Waals surface area contributed by atoms with Gasteiger partial charge in [0.1, 0.15) is 6.61 Å². The summed E-state index contributed by atoms with van der Waals surface area (Å²) in [7, 11) is 1.45. The summed E-state index contributed by atoms with van der Waals surface area (Å²) in [5.41, 5.74) is 0.840. The average Bonchev–Trinajstić information content (AvgIpc) is 2.49. The second kappa shape index (κ2) is 7.27. The molecule has 0 aromatic carbocycles. The van der Waals surface area contributed by atoms with Crippen LogP contribution < -0.4 is 0 Å². The van der Waals surface area contributed by atoms with Gasteiger partial charge in [-0.1, -0.05) is 25.5 Å². The molecule has 5 heteroatoms. The molecule has 2 aliphatic rings. The fraction of sp³-hybridized carbons (Fsp3) is 0.765. The van der Waals surface area contributed by atoms with Gasteiger partial charge in [0.25, 0.3) is 0 Å². The highest BCUT2D eigenvalue weighted by Crippen LogP contribution is 2.49. The summed E-state index contributed by atoms with van der Waals surface area (Å²) in [6, 6.07) is 0. The van der Waals surface area contributed by atoms with Gasteiger partial charge in [-0.3, -0.25) is 9.59 Å². The van der Waals surface area contributed by atoms with E-state index in [0.717, 1.165) is 19.3 Å². The fourth-order valence-electron chi connectivity index (χ4n) is 3.79. The molecule has 3 atom stereocenters. The first-order valence-corrected chi connectivity index (χ1v) is 8.04. The van der Waals surface area contributed by atoms with Gasteiger partial charge < -0.3 is 14.2 Å². The molecule has 2 aliphatic carbocycles. The van der Waals surface area contributed by atoms with Gasteiger partial charge in [0.05, 0.1) is 25.2 Å². The third-order valence-electron chi connectivity index (χ3n) is 4.51. The van der Waals surface area contributed by atoms with E-state index in [9.17, 15) is 9.59 Å². The van der Waals surface area contributed by atoms with Gasteiger partial charge in [-0.05, 0) is 31.6 Å². The predicted octanol–water partition coefficient (Wildman–Crippen LogP) is 2.63. The van der Waals surface area contributed by atoms with Crippen LogP contribution in [0.4, 0.5) is 0 Å². The lowest BCUT2D eigenvalue weighted by atomic mass is 9.63. The zero-order valence-electron chi connectivity index (χ0n) is 13.7. The highest BCUT2D eigenvalue weighted by Gasteiger charge is 2.48. The van der Waals surface area contributed by atoms with Crippen LogP contribution in [-0.4, -0.2) is 38.4 Å². The fourth-order valence-corrected chi connectivity index (χ4v) is 3.79. The lowest BCUT2D eigenvalue weighted by molar-refractivity contribution is -0.159. The highest BCUT2D eigenvalue weighted by atomic mass is 16.6. The topological polar surface area (TPSA) is 61.8 Å². The third kappa shape index (κ3) is 3.88. The molecule has 22 heavy (non-hydrogen) atoms. The standard InChI is InChI=1S/C17H26O5/c1-4-15(18)22-6-5-21-14-8-13-7-12(2)9-17(10-13,11-14)16(19)20-3/h7,12,14H,4-6,8-11H2,1-3H3. The van der Waals surface area contributed by atoms with Crippen molar-refractivity contribution in [2.24, 2.45) is 11.3 Å². The maximum absolute atomic E-state index is 12.3. The van der Waals surface area contributed by atoms with E-state index in [0.29, 0.717) is 25.4 Å². The first-order chi connectivity index (χ1) is 10.5. The van der Waals surface area contributed by atoms with E-state index in [1.54, 1.807) is 6.92 Å². The van der Waals surface area contributed by atoms with E-state index in [1.807, 2.05) is 0 Å². The van der Waals surface area contributed by atoms with Crippen molar-refractivity contribution in [1.82, 2.24) is 0 Å². The Morgan fingerprint density at radius 3 is 2.77 bits per heavy atom. The molecule has 1 saturated carbocycles. The zero-order valence-corrected chi connectivity index (χ0v) is 13.7. The van der Waals surface area contributed by atoms with Crippen molar-refractivity contribution < 1.29 is 23.8 Å². The molecule has 3 unspecified atom stereocenters. The zero-order chi connectivity index (χ0) is 16.2. The summed E-state index contributed by atoms with van der Waals surface area (Å²) >= 11 is 0. The first-order valence-electron chi connectivity index (χ1n) is 8.04. The number of methoxy groups -OCH3 is 1. The molecule has 0 spiro atoms. The summed E-state index contributed by atoms with van der Waals surface area (Å²) in [6.07, 6.45) is 5.76. The molecule has 124 valence electrons. The number of rotatable bonds is 6. The summed E-state index contributed by atoms with van der Waals surface area (Å²) in [5.74, 6) is 0.0525. The molecule has 0 amide bonds. The first kappa shape index (κ1) is 17.0. The predicted molar refractivity (Wildman–Crippen MR) is 81.2 cm³/mol. The molecule has 2 bridgehead atoms. The Balaban J connectivity index is 1.93. The highest BCUT2D eigenvalue weighted by molar-refractivity contribution is 5.78. The van der Waals surface area contributed by atoms with Gasteiger partial charge >= 0.3 is 11.9 Å².